The molecule has 0 bridgehead atoms. The summed E-state index contributed by atoms with van der Waals surface area (Å²) in [4.78, 5) is 0. The molecule has 16 heavy (non-hydrogen) atoms. The molecule has 0 aliphatic heterocycles. The highest BCUT2D eigenvalue weighted by Crippen LogP contribution is 2.29. The maximum Gasteiger partial charge on any atom is 0.238 e. The number of fused-ring (bicyclic) bond motifs is 2. The predicted molar refractivity (Wildman–Crippen MR) is 73.2 cm³/mol. The highest BCUT2D eigenvalue weighted by Gasteiger charge is 2.10. The Morgan fingerprint density at radius 3 is 1.69 bits per heavy atom. The third-order valence-corrected chi connectivity index (χ3v) is 4.04. The third kappa shape index (κ3) is 1.57. The Hall–Kier alpha value is -1.47. The highest BCUT2D eigenvalue weighted by molar-refractivity contribution is 7.24. The van der Waals surface area contributed by atoms with Gasteiger partial charge in [0.05, 0.1) is 0 Å². The van der Waals surface area contributed by atoms with Crippen molar-refractivity contribution in [2.75, 3.05) is 0 Å². The van der Waals surface area contributed by atoms with E-state index in [4.69, 9.17) is 0 Å². The van der Waals surface area contributed by atoms with Gasteiger partial charge in [-0.15, -0.1) is 0 Å². The average Bonchev–Trinajstić information content (AvgIpc) is 2.26. The Balaban J connectivity index is 2.44. The van der Waals surface area contributed by atoms with E-state index < -0.39 is 0 Å². The summed E-state index contributed by atoms with van der Waals surface area (Å²) in [5, 5.41) is 2.70. The van der Waals surface area contributed by atoms with Crippen LogP contribution in [0, 0.1) is 13.8 Å². The monoisotopic (exact) mass is 225 g/mol. The van der Waals surface area contributed by atoms with Crippen LogP contribution in [-0.4, -0.2) is 0 Å². The van der Waals surface area contributed by atoms with Gasteiger partial charge in [-0.1, -0.05) is 23.3 Å². The van der Waals surface area contributed by atoms with E-state index in [-0.39, 0.29) is 0 Å². The first-order valence-electron chi connectivity index (χ1n) is 5.46. The lowest BCUT2D eigenvalue weighted by molar-refractivity contribution is 1.51. The zero-order valence-corrected chi connectivity index (χ0v) is 10.3. The predicted octanol–water partition coefficient (Wildman–Crippen LogP) is 4.95. The molecule has 0 nitrogen and oxygen atoms in total. The van der Waals surface area contributed by atoms with Crippen molar-refractivity contribution in [3.63, 3.8) is 0 Å². The fourth-order valence-corrected chi connectivity index (χ4v) is 3.01. The third-order valence-electron chi connectivity index (χ3n) is 2.86. The van der Waals surface area contributed by atoms with Crippen LogP contribution in [0.25, 0.3) is 20.2 Å². The van der Waals surface area contributed by atoms with Crippen molar-refractivity contribution in [1.82, 2.24) is 0 Å². The van der Waals surface area contributed by atoms with E-state index in [1.54, 1.807) is 0 Å². The van der Waals surface area contributed by atoms with Crippen LogP contribution in [0.1, 0.15) is 11.1 Å². The molecule has 0 saturated heterocycles. The van der Waals surface area contributed by atoms with Crippen molar-refractivity contribution < 1.29 is 0 Å². The molecule has 0 amide bonds. The molecule has 1 heteroatoms. The van der Waals surface area contributed by atoms with Crippen LogP contribution in [0.5, 0.6) is 0 Å². The highest BCUT2D eigenvalue weighted by atomic mass is 32.1. The van der Waals surface area contributed by atoms with Gasteiger partial charge in [-0.05, 0) is 32.0 Å². The van der Waals surface area contributed by atoms with Gasteiger partial charge in [0.2, 0.25) is 20.7 Å². The molecule has 2 aromatic carbocycles. The second-order valence-corrected chi connectivity index (χ2v) is 5.41. The van der Waals surface area contributed by atoms with Crippen LogP contribution in [0.4, 0.5) is 0 Å². The molecule has 1 heterocycles. The van der Waals surface area contributed by atoms with Crippen molar-refractivity contribution in [3.05, 3.63) is 53.6 Å². The van der Waals surface area contributed by atoms with Crippen molar-refractivity contribution in [2.45, 2.75) is 13.8 Å². The summed E-state index contributed by atoms with van der Waals surface area (Å²) in [6.07, 6.45) is 0. The van der Waals surface area contributed by atoms with Crippen LogP contribution < -0.4 is 0 Å². The quantitative estimate of drug-likeness (QED) is 0.375. The normalized spacial score (nSPS) is 11.1. The van der Waals surface area contributed by atoms with Gasteiger partial charge in [0.1, 0.15) is 0 Å². The smallest absolute Gasteiger partial charge is 0.0537 e. The fraction of sp³-hybridized carbons (Fsp3) is 0.133. The maximum absolute atomic E-state index is 2.29. The van der Waals surface area contributed by atoms with Crippen LogP contribution in [0.3, 0.4) is 0 Å². The number of rotatable bonds is 0. The Morgan fingerprint density at radius 2 is 1.19 bits per heavy atom. The summed E-state index contributed by atoms with van der Waals surface area (Å²) in [7, 11) is 0. The van der Waals surface area contributed by atoms with Crippen molar-refractivity contribution in [2.24, 2.45) is 0 Å². The molecule has 0 N–H and O–H groups in total. The minimum atomic E-state index is 1.33. The molecular formula is C15H13S+. The SMILES string of the molecule is Cc1ccc2[s+]c3ccc(C)cc3cc2c1. The Bertz CT molecular complexity index is 626. The fourth-order valence-electron chi connectivity index (χ4n) is 2.03. The van der Waals surface area contributed by atoms with Crippen LogP contribution >= 0.6 is 11.3 Å². The Labute approximate surface area is 99.2 Å². The molecule has 3 aromatic rings. The maximum atomic E-state index is 2.29. The van der Waals surface area contributed by atoms with Gasteiger partial charge in [0.15, 0.2) is 0 Å². The van der Waals surface area contributed by atoms with E-state index in [1.165, 1.54) is 31.3 Å². The average molecular weight is 225 g/mol. The van der Waals surface area contributed by atoms with Gasteiger partial charge in [0.25, 0.3) is 0 Å². The first kappa shape index (κ1) is 9.73. The van der Waals surface area contributed by atoms with Gasteiger partial charge in [-0.3, -0.25) is 0 Å². The van der Waals surface area contributed by atoms with Gasteiger partial charge >= 0.3 is 0 Å². The molecule has 3 rings (SSSR count). The molecule has 0 fully saturated rings. The summed E-state index contributed by atoms with van der Waals surface area (Å²) in [6, 6.07) is 15.6. The van der Waals surface area contributed by atoms with Crippen molar-refractivity contribution in [3.8, 4) is 0 Å². The second kappa shape index (κ2) is 3.53. The standard InChI is InChI=1S/C15H13S/c1-10-3-5-14-12(7-10)9-13-8-11(2)4-6-15(13)16-14/h3-9H,1-2H3/q+1. The van der Waals surface area contributed by atoms with E-state index in [0.29, 0.717) is 0 Å². The first-order chi connectivity index (χ1) is 7.72. The number of aryl methyl sites for hydroxylation is 2. The topological polar surface area (TPSA) is 0 Å². The second-order valence-electron chi connectivity index (χ2n) is 4.33. The van der Waals surface area contributed by atoms with Crippen LogP contribution in [-0.2, 0) is 0 Å². The van der Waals surface area contributed by atoms with Crippen LogP contribution in [0.2, 0.25) is 0 Å². The number of hydrogen-bond donors (Lipinski definition) is 0. The summed E-state index contributed by atoms with van der Waals surface area (Å²) < 4.78 is 2.73. The largest absolute Gasteiger partial charge is 0.238 e. The minimum absolute atomic E-state index is 1.33. The number of benzene rings is 2. The molecule has 78 valence electrons. The lowest BCUT2D eigenvalue weighted by Gasteiger charge is -1.95. The summed E-state index contributed by atoms with van der Waals surface area (Å²) >= 11 is 1.87. The zero-order chi connectivity index (χ0) is 11.1. The summed E-state index contributed by atoms with van der Waals surface area (Å²) in [6.45, 7) is 4.29. The van der Waals surface area contributed by atoms with E-state index in [2.05, 4.69) is 56.3 Å². The molecule has 0 spiro atoms. The molecule has 0 atom stereocenters. The molecular weight excluding hydrogens is 212 g/mol. The zero-order valence-electron chi connectivity index (χ0n) is 9.45. The minimum Gasteiger partial charge on any atom is -0.0537 e. The van der Waals surface area contributed by atoms with Gasteiger partial charge in [-0.2, -0.15) is 0 Å². The lowest BCUT2D eigenvalue weighted by Crippen LogP contribution is -1.77. The van der Waals surface area contributed by atoms with Crippen molar-refractivity contribution in [1.29, 1.82) is 0 Å². The molecule has 0 radical (unpaired) electrons. The molecule has 1 aromatic heterocycles. The number of hydrogen-bond acceptors (Lipinski definition) is 0. The Kier molecular flexibility index (Phi) is 2.15. The molecule has 0 aliphatic rings. The lowest BCUT2D eigenvalue weighted by atomic mass is 10.1. The molecule has 0 aliphatic carbocycles. The summed E-state index contributed by atoms with van der Waals surface area (Å²) in [5.41, 5.74) is 2.65. The van der Waals surface area contributed by atoms with E-state index >= 15 is 0 Å². The van der Waals surface area contributed by atoms with Gasteiger partial charge in [0, 0.05) is 22.9 Å². The first-order valence-corrected chi connectivity index (χ1v) is 6.28. The van der Waals surface area contributed by atoms with E-state index in [0.717, 1.165) is 0 Å². The molecule has 0 unspecified atom stereocenters. The van der Waals surface area contributed by atoms with E-state index in [9.17, 15) is 0 Å². The van der Waals surface area contributed by atoms with Crippen LogP contribution in [0.15, 0.2) is 42.5 Å². The molecule has 0 saturated carbocycles. The summed E-state index contributed by atoms with van der Waals surface area (Å²) in [5.74, 6) is 0. The Morgan fingerprint density at radius 1 is 0.688 bits per heavy atom. The van der Waals surface area contributed by atoms with Gasteiger partial charge < -0.3 is 0 Å². The van der Waals surface area contributed by atoms with Gasteiger partial charge in [-0.25, -0.2) is 0 Å². The van der Waals surface area contributed by atoms with E-state index in [1.807, 2.05) is 11.3 Å². The van der Waals surface area contributed by atoms with Crippen molar-refractivity contribution >= 4 is 31.5 Å².